The van der Waals surface area contributed by atoms with Gasteiger partial charge < -0.3 is 0 Å². The van der Waals surface area contributed by atoms with Crippen molar-refractivity contribution >= 4 is 52.1 Å². The zero-order valence-electron chi connectivity index (χ0n) is 17.7. The summed E-state index contributed by atoms with van der Waals surface area (Å²) in [4.78, 5) is 13.3. The molecule has 32 heavy (non-hydrogen) atoms. The van der Waals surface area contributed by atoms with E-state index in [1.54, 1.807) is 40.3 Å². The molecule has 4 rings (SSSR count). The second-order valence-electron chi connectivity index (χ2n) is 8.17. The maximum Gasteiger partial charge on any atom is 0.309 e. The van der Waals surface area contributed by atoms with Crippen LogP contribution in [-0.4, -0.2) is 40.1 Å². The molecule has 1 saturated heterocycles. The SMILES string of the molecule is C[C@H]1C(C(=O)N(O)N2CCCCCC2)=NN(c2ccc(Cl)cc2Cl)[C@H]1c1ccc(Cl)cc1. The normalized spacial score (nSPS) is 21.9. The van der Waals surface area contributed by atoms with Crippen molar-refractivity contribution in [2.45, 2.75) is 38.6 Å². The van der Waals surface area contributed by atoms with E-state index in [1.165, 1.54) is 0 Å². The zero-order chi connectivity index (χ0) is 22.8. The summed E-state index contributed by atoms with van der Waals surface area (Å²) in [6, 6.07) is 12.3. The number of anilines is 1. The van der Waals surface area contributed by atoms with Crippen LogP contribution in [0.5, 0.6) is 0 Å². The minimum absolute atomic E-state index is 0.266. The molecule has 2 aromatic rings. The highest BCUT2D eigenvalue weighted by Crippen LogP contribution is 2.42. The first kappa shape index (κ1) is 23.3. The molecule has 2 aromatic carbocycles. The molecule has 9 heteroatoms. The molecule has 0 saturated carbocycles. The number of hydrogen-bond donors (Lipinski definition) is 1. The van der Waals surface area contributed by atoms with Gasteiger partial charge in [-0.05, 0) is 48.7 Å². The van der Waals surface area contributed by atoms with E-state index in [4.69, 9.17) is 34.8 Å². The lowest BCUT2D eigenvalue weighted by Crippen LogP contribution is -2.48. The van der Waals surface area contributed by atoms with E-state index in [1.807, 2.05) is 19.1 Å². The van der Waals surface area contributed by atoms with Gasteiger partial charge in [-0.2, -0.15) is 10.1 Å². The molecule has 0 unspecified atom stereocenters. The van der Waals surface area contributed by atoms with Crippen molar-refractivity contribution in [1.29, 1.82) is 0 Å². The van der Waals surface area contributed by atoms with Crippen molar-refractivity contribution in [3.8, 4) is 0 Å². The molecule has 170 valence electrons. The number of hydrogen-bond acceptors (Lipinski definition) is 5. The standard InChI is InChI=1S/C23H25Cl3N4O2/c1-15-21(23(31)30(32)28-12-4-2-3-5-13-28)27-29(20-11-10-18(25)14-19(20)26)22(15)16-6-8-17(24)9-7-16/h6-11,14-15,22,32H,2-5,12-13H2,1H3/t15-,22+/m0/s1. The summed E-state index contributed by atoms with van der Waals surface area (Å²) in [6.45, 7) is 3.20. The molecule has 0 bridgehead atoms. The molecule has 0 aliphatic carbocycles. The molecule has 2 aliphatic rings. The number of hydrazine groups is 1. The second-order valence-corrected chi connectivity index (χ2v) is 9.45. The molecule has 1 amide bonds. The highest BCUT2D eigenvalue weighted by Gasteiger charge is 2.42. The number of rotatable bonds is 4. The lowest BCUT2D eigenvalue weighted by Gasteiger charge is -2.29. The third-order valence-corrected chi connectivity index (χ3v) is 6.79. The van der Waals surface area contributed by atoms with Crippen LogP contribution in [0.3, 0.4) is 0 Å². The molecule has 2 heterocycles. The maximum absolute atomic E-state index is 13.3. The van der Waals surface area contributed by atoms with Crippen LogP contribution in [0.4, 0.5) is 5.69 Å². The number of carbonyl (C=O) groups is 1. The monoisotopic (exact) mass is 494 g/mol. The molecular weight excluding hydrogens is 471 g/mol. The number of benzene rings is 2. The molecule has 0 radical (unpaired) electrons. The number of hydrazone groups is 1. The van der Waals surface area contributed by atoms with Gasteiger partial charge in [0.25, 0.3) is 0 Å². The summed E-state index contributed by atoms with van der Waals surface area (Å²) in [5.74, 6) is -0.831. The molecule has 2 atom stereocenters. The zero-order valence-corrected chi connectivity index (χ0v) is 20.0. The summed E-state index contributed by atoms with van der Waals surface area (Å²) in [5, 5.41) is 21.1. The smallest absolute Gasteiger partial charge is 0.270 e. The van der Waals surface area contributed by atoms with E-state index >= 15 is 0 Å². The molecule has 6 nitrogen and oxygen atoms in total. The third kappa shape index (κ3) is 4.75. The van der Waals surface area contributed by atoms with Crippen molar-refractivity contribution in [2.75, 3.05) is 18.1 Å². The van der Waals surface area contributed by atoms with Gasteiger partial charge in [0.1, 0.15) is 5.71 Å². The Balaban J connectivity index is 1.70. The van der Waals surface area contributed by atoms with Crippen LogP contribution < -0.4 is 5.01 Å². The van der Waals surface area contributed by atoms with E-state index in [9.17, 15) is 10.0 Å². The average Bonchev–Trinajstić information content (AvgIpc) is 2.94. The quantitative estimate of drug-likeness (QED) is 0.405. The van der Waals surface area contributed by atoms with E-state index in [0.717, 1.165) is 36.4 Å². The van der Waals surface area contributed by atoms with Crippen molar-refractivity contribution < 1.29 is 10.0 Å². The first-order valence-corrected chi connectivity index (χ1v) is 11.9. The van der Waals surface area contributed by atoms with Crippen molar-refractivity contribution in [2.24, 2.45) is 11.0 Å². The average molecular weight is 496 g/mol. The molecule has 1 fully saturated rings. The van der Waals surface area contributed by atoms with Gasteiger partial charge in [0.05, 0.1) is 16.8 Å². The van der Waals surface area contributed by atoms with Gasteiger partial charge in [0.15, 0.2) is 0 Å². The van der Waals surface area contributed by atoms with Crippen molar-refractivity contribution in [1.82, 2.24) is 10.2 Å². The lowest BCUT2D eigenvalue weighted by atomic mass is 9.91. The molecule has 1 N–H and O–H groups in total. The third-order valence-electron chi connectivity index (χ3n) is 6.00. The highest BCUT2D eigenvalue weighted by molar-refractivity contribution is 6.40. The Morgan fingerprint density at radius 1 is 1.00 bits per heavy atom. The lowest BCUT2D eigenvalue weighted by molar-refractivity contribution is -0.231. The van der Waals surface area contributed by atoms with Crippen LogP contribution in [0.15, 0.2) is 47.6 Å². The van der Waals surface area contributed by atoms with Gasteiger partial charge in [-0.15, -0.1) is 5.17 Å². The van der Waals surface area contributed by atoms with E-state index < -0.39 is 5.91 Å². The maximum atomic E-state index is 13.3. The fraction of sp³-hybridized carbons (Fsp3) is 0.391. The number of amides is 1. The van der Waals surface area contributed by atoms with Crippen LogP contribution >= 0.6 is 34.8 Å². The Hall–Kier alpha value is -1.83. The Morgan fingerprint density at radius 3 is 2.25 bits per heavy atom. The Labute approximate surface area is 202 Å². The van der Waals surface area contributed by atoms with Gasteiger partial charge in [0.2, 0.25) is 0 Å². The number of carbonyl (C=O) groups excluding carboxylic acids is 1. The van der Waals surface area contributed by atoms with Gasteiger partial charge in [-0.25, -0.2) is 0 Å². The van der Waals surface area contributed by atoms with Gasteiger partial charge in [-0.3, -0.25) is 15.0 Å². The summed E-state index contributed by atoms with van der Waals surface area (Å²) in [6.07, 6.45) is 4.06. The van der Waals surface area contributed by atoms with E-state index in [0.29, 0.717) is 33.8 Å². The van der Waals surface area contributed by atoms with Gasteiger partial charge in [0, 0.05) is 29.1 Å². The Kier molecular flexibility index (Phi) is 7.27. The van der Waals surface area contributed by atoms with Crippen LogP contribution in [0.25, 0.3) is 0 Å². The largest absolute Gasteiger partial charge is 0.309 e. The first-order valence-electron chi connectivity index (χ1n) is 10.7. The second kappa shape index (κ2) is 9.98. The number of hydroxylamine groups is 1. The first-order chi connectivity index (χ1) is 15.4. The van der Waals surface area contributed by atoms with E-state index in [-0.39, 0.29) is 17.7 Å². The predicted octanol–water partition coefficient (Wildman–Crippen LogP) is 6.21. The van der Waals surface area contributed by atoms with Crippen molar-refractivity contribution in [3.05, 3.63) is 63.1 Å². The summed E-state index contributed by atoms with van der Waals surface area (Å²) in [5.41, 5.74) is 1.83. The minimum atomic E-state index is -0.522. The van der Waals surface area contributed by atoms with Gasteiger partial charge >= 0.3 is 5.91 Å². The summed E-state index contributed by atoms with van der Waals surface area (Å²) >= 11 is 18.7. The summed E-state index contributed by atoms with van der Waals surface area (Å²) < 4.78 is 0. The number of nitrogens with zero attached hydrogens (tertiary/aromatic N) is 4. The number of halogens is 3. The fourth-order valence-corrected chi connectivity index (χ4v) is 4.92. The predicted molar refractivity (Wildman–Crippen MR) is 128 cm³/mol. The van der Waals surface area contributed by atoms with Crippen LogP contribution in [0.2, 0.25) is 15.1 Å². The minimum Gasteiger partial charge on any atom is -0.270 e. The van der Waals surface area contributed by atoms with Crippen LogP contribution in [0, 0.1) is 5.92 Å². The summed E-state index contributed by atoms with van der Waals surface area (Å²) in [7, 11) is 0. The molecule has 0 spiro atoms. The topological polar surface area (TPSA) is 59.4 Å². The van der Waals surface area contributed by atoms with Crippen LogP contribution in [-0.2, 0) is 4.79 Å². The van der Waals surface area contributed by atoms with Crippen molar-refractivity contribution in [3.63, 3.8) is 0 Å². The fourth-order valence-electron chi connectivity index (χ4n) is 4.30. The van der Waals surface area contributed by atoms with Gasteiger partial charge in [-0.1, -0.05) is 66.7 Å². The molecule has 0 aromatic heterocycles. The molecule has 2 aliphatic heterocycles. The van der Waals surface area contributed by atoms with Crippen LogP contribution in [0.1, 0.15) is 44.2 Å². The Bertz CT molecular complexity index is 1010. The van der Waals surface area contributed by atoms with E-state index in [2.05, 4.69) is 5.10 Å². The Morgan fingerprint density at radius 2 is 1.62 bits per heavy atom. The molecular formula is C23H25Cl3N4O2. The highest BCUT2D eigenvalue weighted by atomic mass is 35.5.